The lowest BCUT2D eigenvalue weighted by Gasteiger charge is -2.25. The monoisotopic (exact) mass is 595 g/mol. The quantitative estimate of drug-likeness (QED) is 0.259. The third kappa shape index (κ3) is 6.56. The summed E-state index contributed by atoms with van der Waals surface area (Å²) in [6.07, 6.45) is 2.01. The average molecular weight is 596 g/mol. The molecule has 2 N–H and O–H groups in total. The number of nitrogens with one attached hydrogen (secondary N) is 2. The summed E-state index contributed by atoms with van der Waals surface area (Å²) in [6, 6.07) is 8.63. The van der Waals surface area contributed by atoms with Crippen molar-refractivity contribution in [3.8, 4) is 21.7 Å². The first kappa shape index (κ1) is 29.1. The van der Waals surface area contributed by atoms with E-state index in [1.165, 1.54) is 28.5 Å². The molecule has 1 saturated heterocycles. The van der Waals surface area contributed by atoms with E-state index >= 15 is 0 Å². The molecule has 1 aliphatic heterocycles. The smallest absolute Gasteiger partial charge is 0.410 e. The van der Waals surface area contributed by atoms with Crippen LogP contribution in [0.4, 0.5) is 24.3 Å². The molecule has 0 unspecified atom stereocenters. The number of hydrogen-bond acceptors (Lipinski definition) is 8. The average Bonchev–Trinajstić information content (AvgIpc) is 3.55. The number of halogens is 2. The summed E-state index contributed by atoms with van der Waals surface area (Å²) in [5, 5.41) is 6.63. The second-order valence-corrected chi connectivity index (χ2v) is 11.9. The molecule has 42 heavy (non-hydrogen) atoms. The van der Waals surface area contributed by atoms with E-state index in [1.54, 1.807) is 32.7 Å². The number of fused-ring (bicyclic) bond motifs is 1. The second-order valence-electron chi connectivity index (χ2n) is 10.9. The standard InChI is InChI=1S/C29H31F2N7O3S/c1-29(2,3)41-28(40)37(4)16-18-14-34-23(31)13-20(18)19-7-5-6-17-12-22(42-25(17)19)24-21(30)15-35-26(36-24)32-8-10-38-11-9-33-27(38)39/h5-7,12-15H,8-11,16H2,1-4H3,(H,33,39)(H,32,35,36). The summed E-state index contributed by atoms with van der Waals surface area (Å²) >= 11 is 1.32. The Kier molecular flexibility index (Phi) is 8.21. The Balaban J connectivity index is 1.43. The van der Waals surface area contributed by atoms with Crippen molar-refractivity contribution < 1.29 is 23.1 Å². The Morgan fingerprint density at radius 1 is 1.19 bits per heavy atom. The summed E-state index contributed by atoms with van der Waals surface area (Å²) in [4.78, 5) is 40.3. The van der Waals surface area contributed by atoms with Crippen LogP contribution in [-0.4, -0.2) is 75.7 Å². The van der Waals surface area contributed by atoms with Crippen molar-refractivity contribution in [2.24, 2.45) is 0 Å². The number of anilines is 1. The van der Waals surface area contributed by atoms with Gasteiger partial charge in [0.05, 0.1) is 17.6 Å². The molecule has 0 atom stereocenters. The first-order valence-electron chi connectivity index (χ1n) is 13.4. The molecular weight excluding hydrogens is 564 g/mol. The zero-order valence-electron chi connectivity index (χ0n) is 23.7. The number of ether oxygens (including phenoxy) is 1. The zero-order valence-corrected chi connectivity index (χ0v) is 24.5. The van der Waals surface area contributed by atoms with E-state index in [0.717, 1.165) is 16.3 Å². The summed E-state index contributed by atoms with van der Waals surface area (Å²) in [5.41, 5.74) is 1.37. The van der Waals surface area contributed by atoms with Crippen LogP contribution < -0.4 is 10.6 Å². The van der Waals surface area contributed by atoms with Gasteiger partial charge in [0.2, 0.25) is 11.9 Å². The van der Waals surface area contributed by atoms with Crippen LogP contribution in [0.5, 0.6) is 0 Å². The number of thiophene rings is 1. The minimum absolute atomic E-state index is 0.118. The van der Waals surface area contributed by atoms with Crippen LogP contribution in [0.2, 0.25) is 0 Å². The van der Waals surface area contributed by atoms with Crippen LogP contribution in [-0.2, 0) is 11.3 Å². The minimum Gasteiger partial charge on any atom is -0.444 e. The van der Waals surface area contributed by atoms with Crippen molar-refractivity contribution in [1.29, 1.82) is 0 Å². The van der Waals surface area contributed by atoms with Crippen LogP contribution in [0.1, 0.15) is 26.3 Å². The van der Waals surface area contributed by atoms with Crippen molar-refractivity contribution >= 4 is 39.5 Å². The Hall–Kier alpha value is -4.39. The molecule has 0 aliphatic carbocycles. The zero-order chi connectivity index (χ0) is 30.0. The maximum Gasteiger partial charge on any atom is 0.410 e. The highest BCUT2D eigenvalue weighted by molar-refractivity contribution is 7.22. The SMILES string of the molecule is CN(Cc1cnc(F)cc1-c1cccc2cc(-c3nc(NCCN4CCNC4=O)ncc3F)sc12)C(=O)OC(C)(C)C. The van der Waals surface area contributed by atoms with Crippen molar-refractivity contribution in [3.63, 3.8) is 0 Å². The second kappa shape index (κ2) is 11.8. The number of hydrogen-bond donors (Lipinski definition) is 2. The van der Waals surface area contributed by atoms with Crippen LogP contribution in [0.25, 0.3) is 31.8 Å². The predicted molar refractivity (Wildman–Crippen MR) is 157 cm³/mol. The molecule has 10 nitrogen and oxygen atoms in total. The third-order valence-electron chi connectivity index (χ3n) is 6.49. The van der Waals surface area contributed by atoms with Crippen LogP contribution in [0.3, 0.4) is 0 Å². The van der Waals surface area contributed by atoms with Gasteiger partial charge >= 0.3 is 12.1 Å². The van der Waals surface area contributed by atoms with E-state index in [4.69, 9.17) is 4.74 Å². The van der Waals surface area contributed by atoms with E-state index < -0.39 is 23.5 Å². The molecule has 0 spiro atoms. The van der Waals surface area contributed by atoms with Gasteiger partial charge in [0.1, 0.15) is 11.3 Å². The lowest BCUT2D eigenvalue weighted by atomic mass is 10.00. The molecule has 4 heterocycles. The summed E-state index contributed by atoms with van der Waals surface area (Å²) in [6.45, 7) is 7.59. The first-order chi connectivity index (χ1) is 20.0. The molecule has 13 heteroatoms. The van der Waals surface area contributed by atoms with Crippen LogP contribution in [0.15, 0.2) is 42.7 Å². The number of nitrogens with zero attached hydrogens (tertiary/aromatic N) is 5. The molecule has 1 aromatic carbocycles. The Morgan fingerprint density at radius 3 is 2.74 bits per heavy atom. The van der Waals surface area contributed by atoms with E-state index in [2.05, 4.69) is 25.6 Å². The number of amides is 3. The normalized spacial score (nSPS) is 13.4. The topological polar surface area (TPSA) is 113 Å². The van der Waals surface area contributed by atoms with Gasteiger partial charge in [0.25, 0.3) is 0 Å². The fourth-order valence-electron chi connectivity index (χ4n) is 4.54. The molecule has 5 rings (SSSR count). The van der Waals surface area contributed by atoms with Gasteiger partial charge in [-0.3, -0.25) is 0 Å². The molecule has 3 amide bonds. The highest BCUT2D eigenvalue weighted by Crippen LogP contribution is 2.40. The van der Waals surface area contributed by atoms with Gasteiger partial charge in [-0.25, -0.2) is 28.9 Å². The molecule has 3 aromatic heterocycles. The Morgan fingerprint density at radius 2 is 2.00 bits per heavy atom. The molecule has 1 fully saturated rings. The number of benzene rings is 1. The molecule has 4 aromatic rings. The number of carbonyl (C=O) groups is 2. The van der Waals surface area contributed by atoms with E-state index in [1.807, 2.05) is 24.3 Å². The van der Waals surface area contributed by atoms with Gasteiger partial charge in [-0.2, -0.15) is 4.39 Å². The fraction of sp³-hybridized carbons (Fsp3) is 0.345. The molecular formula is C29H31F2N7O3S. The Labute approximate surface area is 245 Å². The molecule has 0 saturated carbocycles. The highest BCUT2D eigenvalue weighted by atomic mass is 32.1. The maximum absolute atomic E-state index is 15.0. The minimum atomic E-state index is -0.662. The maximum atomic E-state index is 15.0. The Bertz CT molecular complexity index is 1640. The third-order valence-corrected chi connectivity index (χ3v) is 7.68. The number of aromatic nitrogens is 3. The summed E-state index contributed by atoms with van der Waals surface area (Å²) in [7, 11) is 1.61. The lowest BCUT2D eigenvalue weighted by Crippen LogP contribution is -2.34. The van der Waals surface area contributed by atoms with E-state index in [0.29, 0.717) is 47.7 Å². The molecule has 0 bridgehead atoms. The van der Waals surface area contributed by atoms with Gasteiger partial charge in [-0.05, 0) is 43.4 Å². The summed E-state index contributed by atoms with van der Waals surface area (Å²) < 4.78 is 35.7. The molecule has 1 aliphatic rings. The van der Waals surface area contributed by atoms with Gasteiger partial charge in [0.15, 0.2) is 5.82 Å². The number of carbonyl (C=O) groups excluding carboxylic acids is 2. The van der Waals surface area contributed by atoms with E-state index in [9.17, 15) is 18.4 Å². The van der Waals surface area contributed by atoms with Crippen molar-refractivity contribution in [1.82, 2.24) is 30.1 Å². The van der Waals surface area contributed by atoms with Gasteiger partial charge in [0, 0.05) is 55.8 Å². The van der Waals surface area contributed by atoms with Crippen LogP contribution in [0, 0.1) is 11.8 Å². The molecule has 0 radical (unpaired) electrons. The first-order valence-corrected chi connectivity index (χ1v) is 14.2. The van der Waals surface area contributed by atoms with Gasteiger partial charge in [-0.1, -0.05) is 18.2 Å². The fourth-order valence-corrected chi connectivity index (χ4v) is 5.72. The van der Waals surface area contributed by atoms with Crippen LogP contribution >= 0.6 is 11.3 Å². The largest absolute Gasteiger partial charge is 0.444 e. The number of urea groups is 1. The number of pyridine rings is 1. The van der Waals surface area contributed by atoms with E-state index in [-0.39, 0.29) is 24.2 Å². The highest BCUT2D eigenvalue weighted by Gasteiger charge is 2.23. The van der Waals surface area contributed by atoms with Gasteiger partial charge in [-0.15, -0.1) is 11.3 Å². The predicted octanol–water partition coefficient (Wildman–Crippen LogP) is 5.50. The van der Waals surface area contributed by atoms with Crippen molar-refractivity contribution in [3.05, 3.63) is 60.1 Å². The van der Waals surface area contributed by atoms with Gasteiger partial charge < -0.3 is 25.2 Å². The van der Waals surface area contributed by atoms with Crippen molar-refractivity contribution in [2.45, 2.75) is 32.9 Å². The lowest BCUT2D eigenvalue weighted by molar-refractivity contribution is 0.0285. The summed E-state index contributed by atoms with van der Waals surface area (Å²) in [5.74, 6) is -0.999. The van der Waals surface area contributed by atoms with Crippen molar-refractivity contribution in [2.75, 3.05) is 38.5 Å². The molecule has 220 valence electrons. The number of rotatable bonds is 8.